The molecule has 1 aromatic carbocycles. The van der Waals surface area contributed by atoms with Gasteiger partial charge in [-0.2, -0.15) is 0 Å². The van der Waals surface area contributed by atoms with Crippen LogP contribution in [0.2, 0.25) is 0 Å². The molecule has 1 aromatic rings. The van der Waals surface area contributed by atoms with Crippen LogP contribution in [0.15, 0.2) is 24.3 Å². The van der Waals surface area contributed by atoms with Crippen LogP contribution in [-0.4, -0.2) is 29.9 Å². The third kappa shape index (κ3) is 2.63. The van der Waals surface area contributed by atoms with E-state index in [2.05, 4.69) is 4.74 Å². The summed E-state index contributed by atoms with van der Waals surface area (Å²) in [6.45, 7) is -0.382. The third-order valence-corrected chi connectivity index (χ3v) is 1.66. The molecule has 0 heterocycles. The fourth-order valence-electron chi connectivity index (χ4n) is 1.04. The van der Waals surface area contributed by atoms with E-state index < -0.39 is 11.9 Å². The topological polar surface area (TPSA) is 80.7 Å². The van der Waals surface area contributed by atoms with Crippen molar-refractivity contribution < 1.29 is 24.2 Å². The average molecular weight is 208 g/mol. The minimum Gasteiger partial charge on any atom is -0.478 e. The van der Waals surface area contributed by atoms with E-state index in [4.69, 9.17) is 5.11 Å². The van der Waals surface area contributed by atoms with Crippen LogP contribution in [0.3, 0.4) is 0 Å². The first-order valence-electron chi connectivity index (χ1n) is 4.10. The first kappa shape index (κ1) is 10.9. The molecule has 0 radical (unpaired) electrons. The van der Waals surface area contributed by atoms with Crippen molar-refractivity contribution in [3.63, 3.8) is 0 Å². The van der Waals surface area contributed by atoms with E-state index in [1.807, 2.05) is 0 Å². The van der Waals surface area contributed by atoms with Crippen LogP contribution in [0.1, 0.15) is 20.7 Å². The predicted molar refractivity (Wildman–Crippen MR) is 49.7 cm³/mol. The third-order valence-electron chi connectivity index (χ3n) is 1.66. The largest absolute Gasteiger partial charge is 0.478 e. The van der Waals surface area contributed by atoms with Crippen LogP contribution in [0.5, 0.6) is 0 Å². The van der Waals surface area contributed by atoms with Crippen molar-refractivity contribution in [2.75, 3.05) is 6.61 Å². The molecule has 0 atom stereocenters. The lowest BCUT2D eigenvalue weighted by molar-refractivity contribution is -0.110. The summed E-state index contributed by atoms with van der Waals surface area (Å²) in [5.74, 6) is -2.03. The van der Waals surface area contributed by atoms with Gasteiger partial charge in [0.2, 0.25) is 0 Å². The lowest BCUT2D eigenvalue weighted by Crippen LogP contribution is -2.12. The van der Waals surface area contributed by atoms with Gasteiger partial charge < -0.3 is 9.84 Å². The van der Waals surface area contributed by atoms with Gasteiger partial charge in [0.15, 0.2) is 6.29 Å². The van der Waals surface area contributed by atoms with Gasteiger partial charge in [-0.3, -0.25) is 4.79 Å². The van der Waals surface area contributed by atoms with Crippen molar-refractivity contribution in [3.05, 3.63) is 35.4 Å². The van der Waals surface area contributed by atoms with E-state index in [1.54, 1.807) is 0 Å². The summed E-state index contributed by atoms with van der Waals surface area (Å²) in [6, 6.07) is 5.64. The zero-order chi connectivity index (χ0) is 11.3. The number of benzene rings is 1. The number of carboxylic acids is 1. The van der Waals surface area contributed by atoms with Crippen LogP contribution in [0, 0.1) is 0 Å². The monoisotopic (exact) mass is 208 g/mol. The molecule has 0 saturated heterocycles. The van der Waals surface area contributed by atoms with Gasteiger partial charge in [0.1, 0.15) is 6.61 Å². The first-order chi connectivity index (χ1) is 7.16. The molecular weight excluding hydrogens is 200 g/mol. The Balaban J connectivity index is 2.97. The van der Waals surface area contributed by atoms with Gasteiger partial charge in [-0.05, 0) is 12.1 Å². The molecule has 0 aliphatic rings. The highest BCUT2D eigenvalue weighted by molar-refractivity contribution is 6.02. The van der Waals surface area contributed by atoms with Crippen molar-refractivity contribution in [1.82, 2.24) is 0 Å². The smallest absolute Gasteiger partial charge is 0.339 e. The molecule has 0 bridgehead atoms. The Kier molecular flexibility index (Phi) is 3.56. The molecule has 0 aliphatic heterocycles. The molecule has 0 aliphatic carbocycles. The summed E-state index contributed by atoms with van der Waals surface area (Å²) < 4.78 is 4.50. The molecule has 15 heavy (non-hydrogen) atoms. The van der Waals surface area contributed by atoms with Gasteiger partial charge in [0.05, 0.1) is 11.1 Å². The van der Waals surface area contributed by atoms with E-state index in [-0.39, 0.29) is 17.7 Å². The number of hydrogen-bond acceptors (Lipinski definition) is 4. The fourth-order valence-corrected chi connectivity index (χ4v) is 1.04. The zero-order valence-corrected chi connectivity index (χ0v) is 7.67. The molecule has 0 unspecified atom stereocenters. The van der Waals surface area contributed by atoms with Gasteiger partial charge in [0, 0.05) is 0 Å². The minimum atomic E-state index is -1.21. The predicted octanol–water partition coefficient (Wildman–Crippen LogP) is 0.741. The van der Waals surface area contributed by atoms with E-state index in [0.717, 1.165) is 0 Å². The molecule has 78 valence electrons. The van der Waals surface area contributed by atoms with E-state index in [0.29, 0.717) is 6.29 Å². The highest BCUT2D eigenvalue weighted by Crippen LogP contribution is 2.09. The maximum atomic E-state index is 11.3. The Morgan fingerprint density at radius 2 is 1.87 bits per heavy atom. The van der Waals surface area contributed by atoms with Crippen molar-refractivity contribution in [3.8, 4) is 0 Å². The maximum absolute atomic E-state index is 11.3. The summed E-state index contributed by atoms with van der Waals surface area (Å²) in [5.41, 5.74) is -0.208. The molecule has 1 rings (SSSR count). The van der Waals surface area contributed by atoms with E-state index in [1.165, 1.54) is 24.3 Å². The second-order valence-electron chi connectivity index (χ2n) is 2.62. The number of rotatable bonds is 4. The van der Waals surface area contributed by atoms with Crippen molar-refractivity contribution in [1.29, 1.82) is 0 Å². The van der Waals surface area contributed by atoms with E-state index >= 15 is 0 Å². The normalized spacial score (nSPS) is 9.33. The quantitative estimate of drug-likeness (QED) is 0.583. The number of ether oxygens (including phenoxy) is 1. The lowest BCUT2D eigenvalue weighted by atomic mass is 10.1. The highest BCUT2D eigenvalue weighted by Gasteiger charge is 2.16. The van der Waals surface area contributed by atoms with Gasteiger partial charge in [-0.25, -0.2) is 9.59 Å². The summed E-state index contributed by atoms with van der Waals surface area (Å²) in [7, 11) is 0. The number of hydrogen-bond donors (Lipinski definition) is 1. The van der Waals surface area contributed by atoms with Gasteiger partial charge in [-0.15, -0.1) is 0 Å². The molecule has 5 heteroatoms. The molecule has 0 amide bonds. The molecule has 0 fully saturated rings. The molecule has 0 spiro atoms. The SMILES string of the molecule is O=CCOC(=O)c1ccccc1C(=O)O. The number of esters is 1. The van der Waals surface area contributed by atoms with Crippen LogP contribution < -0.4 is 0 Å². The average Bonchev–Trinajstić information content (AvgIpc) is 2.25. The van der Waals surface area contributed by atoms with Gasteiger partial charge in [-0.1, -0.05) is 12.1 Å². The summed E-state index contributed by atoms with van der Waals surface area (Å²) in [6.07, 6.45) is 0.418. The Morgan fingerprint density at radius 1 is 1.27 bits per heavy atom. The number of aldehydes is 1. The summed E-state index contributed by atoms with van der Waals surface area (Å²) >= 11 is 0. The molecule has 5 nitrogen and oxygen atoms in total. The Morgan fingerprint density at radius 3 is 2.40 bits per heavy atom. The first-order valence-corrected chi connectivity index (χ1v) is 4.10. The van der Waals surface area contributed by atoms with Crippen molar-refractivity contribution >= 4 is 18.2 Å². The van der Waals surface area contributed by atoms with Crippen LogP contribution >= 0.6 is 0 Å². The van der Waals surface area contributed by atoms with Crippen LogP contribution in [0.25, 0.3) is 0 Å². The zero-order valence-electron chi connectivity index (χ0n) is 7.67. The second kappa shape index (κ2) is 4.90. The number of carboxylic acid groups (broad SMARTS) is 1. The number of carbonyl (C=O) groups is 3. The van der Waals surface area contributed by atoms with Crippen LogP contribution in [0.4, 0.5) is 0 Å². The standard InChI is InChI=1S/C10H8O5/c11-5-6-15-10(14)8-4-2-1-3-7(8)9(12)13/h1-5H,6H2,(H,12,13). The molecular formula is C10H8O5. The van der Waals surface area contributed by atoms with Gasteiger partial charge in [0.25, 0.3) is 0 Å². The lowest BCUT2D eigenvalue weighted by Gasteiger charge is -2.03. The number of carbonyl (C=O) groups excluding carboxylic acids is 2. The summed E-state index contributed by atoms with van der Waals surface area (Å²) in [4.78, 5) is 32.0. The van der Waals surface area contributed by atoms with Crippen LogP contribution in [-0.2, 0) is 9.53 Å². The molecule has 0 saturated carbocycles. The highest BCUT2D eigenvalue weighted by atomic mass is 16.5. The maximum Gasteiger partial charge on any atom is 0.339 e. The minimum absolute atomic E-state index is 0.0631. The fraction of sp³-hybridized carbons (Fsp3) is 0.100. The Bertz CT molecular complexity index is 397. The molecule has 1 N–H and O–H groups in total. The summed E-state index contributed by atoms with van der Waals surface area (Å²) in [5, 5.41) is 8.76. The second-order valence-corrected chi connectivity index (χ2v) is 2.62. The van der Waals surface area contributed by atoms with E-state index in [9.17, 15) is 14.4 Å². The van der Waals surface area contributed by atoms with Gasteiger partial charge >= 0.3 is 11.9 Å². The van der Waals surface area contributed by atoms with Crippen molar-refractivity contribution in [2.45, 2.75) is 0 Å². The van der Waals surface area contributed by atoms with Crippen molar-refractivity contribution in [2.24, 2.45) is 0 Å². The molecule has 0 aromatic heterocycles. The Labute approximate surface area is 85.3 Å². The number of aromatic carboxylic acids is 1. The Hall–Kier alpha value is -2.17.